The molecule has 5 saturated carbocycles. The monoisotopic (exact) mass is 677 g/mol. The molecule has 0 amide bonds. The average molecular weight is 677 g/mol. The van der Waals surface area contributed by atoms with Crippen LogP contribution < -0.4 is 20.9 Å². The molecule has 12 unspecified atom stereocenters. The Morgan fingerprint density at radius 3 is 1.96 bits per heavy atom. The van der Waals surface area contributed by atoms with E-state index >= 15 is 0 Å². The van der Waals surface area contributed by atoms with E-state index in [0.29, 0.717) is 30.5 Å². The van der Waals surface area contributed by atoms with Crippen molar-refractivity contribution in [2.45, 2.75) is 171 Å². The first kappa shape index (κ1) is 32.7. The minimum absolute atomic E-state index is 0.217. The molecule has 270 valence electrons. The molecule has 5 nitrogen and oxygen atoms in total. The summed E-state index contributed by atoms with van der Waals surface area (Å²) < 4.78 is 7.28. The van der Waals surface area contributed by atoms with Gasteiger partial charge in [-0.15, -0.1) is 0 Å². The van der Waals surface area contributed by atoms with Gasteiger partial charge in [0.25, 0.3) is 0 Å². The van der Waals surface area contributed by atoms with Crippen LogP contribution in [0.5, 0.6) is 0 Å². The van der Waals surface area contributed by atoms with Crippen molar-refractivity contribution in [2.24, 2.45) is 35.5 Å². The molecular weight excluding hydrogens is 613 g/mol. The molecule has 50 heavy (non-hydrogen) atoms. The summed E-state index contributed by atoms with van der Waals surface area (Å²) in [5.41, 5.74) is 4.70. The Morgan fingerprint density at radius 2 is 1.18 bits per heavy atom. The zero-order chi connectivity index (χ0) is 33.0. The van der Waals surface area contributed by atoms with Crippen molar-refractivity contribution < 1.29 is 4.74 Å². The molecule has 2 saturated heterocycles. The number of hydrogen-bond acceptors (Lipinski definition) is 5. The van der Waals surface area contributed by atoms with Crippen LogP contribution >= 0.6 is 0 Å². The highest BCUT2D eigenvalue weighted by Gasteiger charge is 2.54. The normalized spacial score (nSPS) is 42.4. The third-order valence-corrected chi connectivity index (χ3v) is 15.9. The average Bonchev–Trinajstić information content (AvgIpc) is 3.73. The lowest BCUT2D eigenvalue weighted by atomic mass is 9.61. The Labute approximate surface area is 302 Å². The van der Waals surface area contributed by atoms with Crippen molar-refractivity contribution in [2.75, 3.05) is 4.90 Å². The quantitative estimate of drug-likeness (QED) is 0.295. The first-order chi connectivity index (χ1) is 24.8. The fourth-order valence-electron chi connectivity index (χ4n) is 13.6. The van der Waals surface area contributed by atoms with Gasteiger partial charge in [0.1, 0.15) is 0 Å². The van der Waals surface area contributed by atoms with E-state index in [1.807, 2.05) is 0 Å². The first-order valence-electron chi connectivity index (χ1n) is 21.6. The number of benzene rings is 2. The van der Waals surface area contributed by atoms with Crippen molar-refractivity contribution in [1.29, 1.82) is 0 Å². The lowest BCUT2D eigenvalue weighted by Gasteiger charge is -2.47. The maximum absolute atomic E-state index is 7.28. The lowest BCUT2D eigenvalue weighted by molar-refractivity contribution is -0.0307. The van der Waals surface area contributed by atoms with Gasteiger partial charge in [0.05, 0.1) is 30.7 Å². The number of hydrogen-bond donors (Lipinski definition) is 3. The number of rotatable bonds is 5. The van der Waals surface area contributed by atoms with Gasteiger partial charge in [-0.1, -0.05) is 93.5 Å². The molecule has 0 aromatic heterocycles. The van der Waals surface area contributed by atoms with Gasteiger partial charge in [-0.3, -0.25) is 16.0 Å². The van der Waals surface area contributed by atoms with Gasteiger partial charge in [0.15, 0.2) is 0 Å². The number of para-hydroxylation sites is 1. The molecule has 3 aliphatic heterocycles. The van der Waals surface area contributed by atoms with Gasteiger partial charge >= 0.3 is 0 Å². The largest absolute Gasteiger partial charge is 0.374 e. The van der Waals surface area contributed by atoms with E-state index in [1.54, 1.807) is 11.3 Å². The second kappa shape index (κ2) is 14.1. The maximum atomic E-state index is 7.28. The van der Waals surface area contributed by atoms with Crippen molar-refractivity contribution in [3.63, 3.8) is 0 Å². The molecule has 2 aromatic carbocycles. The molecule has 5 heteroatoms. The highest BCUT2D eigenvalue weighted by atomic mass is 16.5. The molecule has 0 bridgehead atoms. The topological polar surface area (TPSA) is 48.6 Å². The predicted octanol–water partition coefficient (Wildman–Crippen LogP) is 9.41. The van der Waals surface area contributed by atoms with Gasteiger partial charge in [0, 0.05) is 23.7 Å². The molecular formula is C45H64N4O. The summed E-state index contributed by atoms with van der Waals surface area (Å²) in [4.78, 5) is 2.99. The Hall–Kier alpha value is -1.92. The van der Waals surface area contributed by atoms with E-state index < -0.39 is 0 Å². The molecule has 3 heterocycles. The number of fused-ring (bicyclic) bond motifs is 6. The molecule has 0 radical (unpaired) electrons. The van der Waals surface area contributed by atoms with Crippen LogP contribution in [0, 0.1) is 35.5 Å². The molecule has 8 aliphatic rings. The van der Waals surface area contributed by atoms with Crippen molar-refractivity contribution in [3.8, 4) is 0 Å². The van der Waals surface area contributed by atoms with Gasteiger partial charge in [-0.05, 0) is 130 Å². The van der Waals surface area contributed by atoms with E-state index in [1.165, 1.54) is 128 Å². The summed E-state index contributed by atoms with van der Waals surface area (Å²) in [6, 6.07) is 22.3. The smallest absolute Gasteiger partial charge is 0.0859 e. The molecule has 10 rings (SSSR count). The van der Waals surface area contributed by atoms with E-state index in [4.69, 9.17) is 4.74 Å². The van der Waals surface area contributed by atoms with E-state index in [2.05, 4.69) is 75.4 Å². The van der Waals surface area contributed by atoms with E-state index in [0.717, 1.165) is 47.6 Å². The first-order valence-corrected chi connectivity index (χ1v) is 21.6. The van der Waals surface area contributed by atoms with Gasteiger partial charge in [-0.25, -0.2) is 0 Å². The third kappa shape index (κ3) is 5.99. The van der Waals surface area contributed by atoms with Gasteiger partial charge < -0.3 is 9.64 Å². The number of nitrogens with one attached hydrogen (secondary N) is 3. The Kier molecular flexibility index (Phi) is 9.25. The number of anilines is 1. The Morgan fingerprint density at radius 1 is 0.520 bits per heavy atom. The van der Waals surface area contributed by atoms with Gasteiger partial charge in [0.2, 0.25) is 0 Å². The summed E-state index contributed by atoms with van der Waals surface area (Å²) in [5, 5.41) is 12.3. The Bertz CT molecular complexity index is 1440. The summed E-state index contributed by atoms with van der Waals surface area (Å²) in [6.45, 7) is 0. The van der Waals surface area contributed by atoms with Crippen molar-refractivity contribution in [1.82, 2.24) is 16.0 Å². The van der Waals surface area contributed by atoms with Crippen molar-refractivity contribution in [3.05, 3.63) is 65.7 Å². The van der Waals surface area contributed by atoms with Crippen LogP contribution in [-0.4, -0.2) is 36.6 Å². The highest BCUT2D eigenvalue weighted by molar-refractivity contribution is 5.63. The minimum Gasteiger partial charge on any atom is -0.374 e. The van der Waals surface area contributed by atoms with Crippen molar-refractivity contribution >= 4 is 5.69 Å². The number of nitrogens with zero attached hydrogens (tertiary/aromatic N) is 1. The third-order valence-electron chi connectivity index (χ3n) is 15.9. The standard InChI is InChI=1S/C45H64N4O/c1-4-13-29(14-5-1)43-46-44(30-15-6-2-7-16-30)48-45(47-43)32-24-26-36-35-25-23-31(27-40(35)50-41(36)28-32)34-20-12-22-39-42(34)37-19-10-11-21-38(37)49(39)33-17-8-3-9-18-33/h1,4-5,10-11,13-14,19,21,30-36,39-48H,2-3,6-9,12,15-18,20,22-28H2. The predicted molar refractivity (Wildman–Crippen MR) is 203 cm³/mol. The van der Waals surface area contributed by atoms with Crippen LogP contribution in [0.3, 0.4) is 0 Å². The fourth-order valence-corrected chi connectivity index (χ4v) is 13.6. The SMILES string of the molecule is c1ccc(C2NC(C3CCCCC3)NC(C3CCC4C(C3)OC3CC(C5CCCC6C5c5ccccc5N6C5CCCCC5)CCC34)N2)cc1. The highest BCUT2D eigenvalue weighted by Crippen LogP contribution is 2.58. The molecule has 2 aromatic rings. The molecule has 5 aliphatic carbocycles. The minimum atomic E-state index is 0.217. The maximum Gasteiger partial charge on any atom is 0.0859 e. The van der Waals surface area contributed by atoms with Crippen LogP contribution in [0.1, 0.15) is 145 Å². The second-order valence-corrected chi connectivity index (χ2v) is 18.3. The van der Waals surface area contributed by atoms with E-state index in [9.17, 15) is 0 Å². The summed E-state index contributed by atoms with van der Waals surface area (Å²) in [6.07, 6.45) is 28.3. The molecule has 3 N–H and O–H groups in total. The summed E-state index contributed by atoms with van der Waals surface area (Å²) in [5.74, 6) is 5.35. The second-order valence-electron chi connectivity index (χ2n) is 18.3. The van der Waals surface area contributed by atoms with Crippen LogP contribution in [-0.2, 0) is 4.74 Å². The van der Waals surface area contributed by atoms with Crippen LogP contribution in [0.4, 0.5) is 5.69 Å². The van der Waals surface area contributed by atoms with Crippen LogP contribution in [0.25, 0.3) is 0 Å². The van der Waals surface area contributed by atoms with E-state index in [-0.39, 0.29) is 6.17 Å². The summed E-state index contributed by atoms with van der Waals surface area (Å²) >= 11 is 0. The number of ether oxygens (including phenoxy) is 1. The Balaban J connectivity index is 0.830. The van der Waals surface area contributed by atoms with Gasteiger partial charge in [-0.2, -0.15) is 0 Å². The lowest BCUT2D eigenvalue weighted by Crippen LogP contribution is -2.67. The molecule has 7 fully saturated rings. The zero-order valence-electron chi connectivity index (χ0n) is 30.6. The molecule has 12 atom stereocenters. The summed E-state index contributed by atoms with van der Waals surface area (Å²) in [7, 11) is 0. The van der Waals surface area contributed by atoms with Crippen LogP contribution in [0.15, 0.2) is 54.6 Å². The zero-order valence-corrected chi connectivity index (χ0v) is 30.6. The fraction of sp³-hybridized carbons (Fsp3) is 0.733. The van der Waals surface area contributed by atoms with Crippen LogP contribution in [0.2, 0.25) is 0 Å². The molecule has 0 spiro atoms.